The summed E-state index contributed by atoms with van der Waals surface area (Å²) in [6.45, 7) is 6.89. The number of amides is 1. The van der Waals surface area contributed by atoms with Gasteiger partial charge < -0.3 is 14.6 Å². The molecule has 2 aromatic heterocycles. The van der Waals surface area contributed by atoms with Crippen LogP contribution in [0.3, 0.4) is 0 Å². The van der Waals surface area contributed by atoms with Gasteiger partial charge in [0.05, 0.1) is 35.6 Å². The first-order chi connectivity index (χ1) is 13.7. The van der Waals surface area contributed by atoms with E-state index in [0.29, 0.717) is 34.6 Å². The zero-order valence-electron chi connectivity index (χ0n) is 16.0. The predicted molar refractivity (Wildman–Crippen MR) is 106 cm³/mol. The normalized spacial score (nSPS) is 15.0. The highest BCUT2D eigenvalue weighted by molar-refractivity contribution is 6.06. The van der Waals surface area contributed by atoms with Crippen molar-refractivity contribution in [3.63, 3.8) is 0 Å². The molecule has 0 spiro atoms. The highest BCUT2D eigenvalue weighted by Gasteiger charge is 2.19. The summed E-state index contributed by atoms with van der Waals surface area (Å²) >= 11 is 0. The van der Waals surface area contributed by atoms with Crippen LogP contribution in [-0.2, 0) is 4.74 Å². The number of carbonyl (C=O) groups excluding carboxylic acids is 1. The average molecular weight is 380 g/mol. The van der Waals surface area contributed by atoms with E-state index in [0.717, 1.165) is 44.8 Å². The number of benzene rings is 1. The average Bonchev–Trinajstić information content (AvgIpc) is 3.12. The maximum Gasteiger partial charge on any atom is 0.259 e. The summed E-state index contributed by atoms with van der Waals surface area (Å²) < 4.78 is 10.7. The number of rotatable bonds is 6. The third kappa shape index (κ3) is 4.05. The lowest BCUT2D eigenvalue weighted by molar-refractivity contribution is 0.0374. The van der Waals surface area contributed by atoms with Crippen molar-refractivity contribution in [1.82, 2.24) is 20.4 Å². The van der Waals surface area contributed by atoms with Gasteiger partial charge in [0.25, 0.3) is 11.6 Å². The fourth-order valence-corrected chi connectivity index (χ4v) is 3.46. The molecule has 1 aliphatic heterocycles. The summed E-state index contributed by atoms with van der Waals surface area (Å²) in [5.74, 6) is -0.127. The molecule has 1 aromatic carbocycles. The summed E-state index contributed by atoms with van der Waals surface area (Å²) in [6, 6.07) is 11.6. The second-order valence-electron chi connectivity index (χ2n) is 6.93. The van der Waals surface area contributed by atoms with E-state index in [1.807, 2.05) is 43.3 Å². The first kappa shape index (κ1) is 18.6. The molecular weight excluding hydrogens is 356 g/mol. The van der Waals surface area contributed by atoms with Gasteiger partial charge in [-0.25, -0.2) is 4.98 Å². The van der Waals surface area contributed by atoms with Crippen molar-refractivity contribution in [3.05, 3.63) is 47.7 Å². The summed E-state index contributed by atoms with van der Waals surface area (Å²) in [4.78, 5) is 19.8. The van der Waals surface area contributed by atoms with Crippen LogP contribution >= 0.6 is 0 Å². The van der Waals surface area contributed by atoms with Gasteiger partial charge in [0.2, 0.25) is 0 Å². The highest BCUT2D eigenvalue weighted by atomic mass is 16.5. The predicted octanol–water partition coefficient (Wildman–Crippen LogP) is 2.65. The Morgan fingerprint density at radius 2 is 2.00 bits per heavy atom. The van der Waals surface area contributed by atoms with Gasteiger partial charge in [0, 0.05) is 25.2 Å². The molecule has 3 aromatic rings. The number of fused-ring (bicyclic) bond motifs is 1. The van der Waals surface area contributed by atoms with Crippen LogP contribution in [0.15, 0.2) is 40.9 Å². The number of nitrogens with zero attached hydrogens (tertiary/aromatic N) is 3. The molecule has 3 heterocycles. The molecule has 1 saturated heterocycles. The molecule has 0 atom stereocenters. The van der Waals surface area contributed by atoms with Crippen LogP contribution in [0.2, 0.25) is 0 Å². The van der Waals surface area contributed by atoms with E-state index in [-0.39, 0.29) is 5.91 Å². The van der Waals surface area contributed by atoms with Crippen molar-refractivity contribution in [2.45, 2.75) is 13.3 Å². The highest BCUT2D eigenvalue weighted by Crippen LogP contribution is 2.26. The molecule has 0 saturated carbocycles. The lowest BCUT2D eigenvalue weighted by Gasteiger charge is -2.26. The fourth-order valence-electron chi connectivity index (χ4n) is 3.46. The largest absolute Gasteiger partial charge is 0.379 e. The number of hydrogen-bond acceptors (Lipinski definition) is 6. The zero-order valence-corrected chi connectivity index (χ0v) is 16.0. The molecule has 28 heavy (non-hydrogen) atoms. The number of nitrogens with one attached hydrogen (secondary N) is 1. The molecule has 0 aliphatic carbocycles. The van der Waals surface area contributed by atoms with Gasteiger partial charge in [-0.3, -0.25) is 9.69 Å². The summed E-state index contributed by atoms with van der Waals surface area (Å²) in [7, 11) is 0. The summed E-state index contributed by atoms with van der Waals surface area (Å²) in [5, 5.41) is 7.70. The van der Waals surface area contributed by atoms with E-state index < -0.39 is 0 Å². The molecule has 1 amide bonds. The van der Waals surface area contributed by atoms with Crippen LogP contribution in [-0.4, -0.2) is 60.3 Å². The minimum atomic E-state index is -0.127. The lowest BCUT2D eigenvalue weighted by atomic mass is 10.1. The Hall–Kier alpha value is -2.77. The number of aryl methyl sites for hydroxylation is 1. The van der Waals surface area contributed by atoms with Crippen molar-refractivity contribution < 1.29 is 14.1 Å². The van der Waals surface area contributed by atoms with Crippen molar-refractivity contribution in [2.24, 2.45) is 0 Å². The summed E-state index contributed by atoms with van der Waals surface area (Å²) in [6.07, 6.45) is 0.897. The van der Waals surface area contributed by atoms with E-state index in [4.69, 9.17) is 9.26 Å². The molecule has 4 rings (SSSR count). The third-order valence-corrected chi connectivity index (χ3v) is 4.97. The van der Waals surface area contributed by atoms with E-state index in [2.05, 4.69) is 20.4 Å². The number of carbonyl (C=O) groups is 1. The van der Waals surface area contributed by atoms with Crippen molar-refractivity contribution >= 4 is 17.0 Å². The van der Waals surface area contributed by atoms with E-state index in [1.54, 1.807) is 0 Å². The quantitative estimate of drug-likeness (QED) is 0.662. The van der Waals surface area contributed by atoms with E-state index in [1.165, 1.54) is 0 Å². The maximum atomic E-state index is 12.9. The number of aromatic nitrogens is 2. The van der Waals surface area contributed by atoms with Crippen molar-refractivity contribution in [3.8, 4) is 11.3 Å². The van der Waals surface area contributed by atoms with Crippen molar-refractivity contribution in [1.29, 1.82) is 0 Å². The maximum absolute atomic E-state index is 12.9. The Morgan fingerprint density at radius 3 is 2.79 bits per heavy atom. The standard InChI is InChI=1S/C21H24N4O3/c1-15-19-17(20(26)22-8-5-9-25-10-12-27-13-11-25)14-18(23-21(19)28-24-15)16-6-3-2-4-7-16/h2-4,6-7,14H,5,8-13H2,1H3,(H,22,26). The molecule has 1 aliphatic rings. The minimum Gasteiger partial charge on any atom is -0.379 e. The van der Waals surface area contributed by atoms with Gasteiger partial charge in [0.15, 0.2) is 0 Å². The van der Waals surface area contributed by atoms with Gasteiger partial charge in [-0.2, -0.15) is 0 Å². The first-order valence-corrected chi connectivity index (χ1v) is 9.63. The van der Waals surface area contributed by atoms with Crippen LogP contribution in [0.25, 0.3) is 22.4 Å². The SMILES string of the molecule is Cc1noc2nc(-c3ccccc3)cc(C(=O)NCCCN3CCOCC3)c12. The molecule has 0 unspecified atom stereocenters. The van der Waals surface area contributed by atoms with Crippen LogP contribution in [0.4, 0.5) is 0 Å². The Morgan fingerprint density at radius 1 is 1.21 bits per heavy atom. The molecule has 1 N–H and O–H groups in total. The number of hydrogen-bond donors (Lipinski definition) is 1. The zero-order chi connectivity index (χ0) is 19.3. The molecule has 7 nitrogen and oxygen atoms in total. The first-order valence-electron chi connectivity index (χ1n) is 9.63. The van der Waals surface area contributed by atoms with Gasteiger partial charge in [-0.05, 0) is 26.0 Å². The minimum absolute atomic E-state index is 0.127. The third-order valence-electron chi connectivity index (χ3n) is 4.97. The van der Waals surface area contributed by atoms with Crippen LogP contribution < -0.4 is 5.32 Å². The molecule has 0 bridgehead atoms. The fraction of sp³-hybridized carbons (Fsp3) is 0.381. The van der Waals surface area contributed by atoms with Gasteiger partial charge in [0.1, 0.15) is 0 Å². The van der Waals surface area contributed by atoms with Crippen LogP contribution in [0.1, 0.15) is 22.5 Å². The van der Waals surface area contributed by atoms with E-state index >= 15 is 0 Å². The molecule has 7 heteroatoms. The smallest absolute Gasteiger partial charge is 0.259 e. The monoisotopic (exact) mass is 380 g/mol. The molecule has 0 radical (unpaired) electrons. The second-order valence-corrected chi connectivity index (χ2v) is 6.93. The summed E-state index contributed by atoms with van der Waals surface area (Å²) in [5.41, 5.74) is 3.23. The lowest BCUT2D eigenvalue weighted by Crippen LogP contribution is -2.38. The Bertz CT molecular complexity index is 949. The van der Waals surface area contributed by atoms with Gasteiger partial charge >= 0.3 is 0 Å². The van der Waals surface area contributed by atoms with Crippen LogP contribution in [0.5, 0.6) is 0 Å². The Balaban J connectivity index is 1.49. The topological polar surface area (TPSA) is 80.5 Å². The Labute approximate surface area is 163 Å². The van der Waals surface area contributed by atoms with Gasteiger partial charge in [-0.15, -0.1) is 0 Å². The van der Waals surface area contributed by atoms with E-state index in [9.17, 15) is 4.79 Å². The van der Waals surface area contributed by atoms with Crippen LogP contribution in [0, 0.1) is 6.92 Å². The molecule has 1 fully saturated rings. The molecular formula is C21H24N4O3. The van der Waals surface area contributed by atoms with Crippen molar-refractivity contribution in [2.75, 3.05) is 39.4 Å². The van der Waals surface area contributed by atoms with Gasteiger partial charge in [-0.1, -0.05) is 35.5 Å². The number of ether oxygens (including phenoxy) is 1. The number of pyridine rings is 1. The Kier molecular flexibility index (Phi) is 5.64. The number of morpholine rings is 1. The second kappa shape index (κ2) is 8.50. The molecule has 146 valence electrons.